The molecule has 0 spiro atoms. The number of nitrogens with one attached hydrogen (secondary N) is 1. The van der Waals surface area contributed by atoms with Crippen LogP contribution in [0.2, 0.25) is 0 Å². The smallest absolute Gasteiger partial charge is 0.123 e. The molecule has 20 heavy (non-hydrogen) atoms. The minimum Gasteiger partial charge on any atom is -0.379 e. The van der Waals surface area contributed by atoms with Crippen LogP contribution in [-0.2, 0) is 11.2 Å². The van der Waals surface area contributed by atoms with E-state index in [1.54, 1.807) is 19.2 Å². The van der Waals surface area contributed by atoms with Crippen LogP contribution in [-0.4, -0.2) is 25.8 Å². The van der Waals surface area contributed by atoms with Crippen LogP contribution in [0.3, 0.4) is 0 Å². The molecule has 0 fully saturated rings. The van der Waals surface area contributed by atoms with Gasteiger partial charge < -0.3 is 10.1 Å². The van der Waals surface area contributed by atoms with Crippen molar-refractivity contribution in [2.75, 3.05) is 13.7 Å². The van der Waals surface area contributed by atoms with Crippen molar-refractivity contribution in [1.82, 2.24) is 5.32 Å². The Hall–Kier alpha value is -0.450. The first-order chi connectivity index (χ1) is 9.29. The van der Waals surface area contributed by atoms with Gasteiger partial charge in [0.2, 0.25) is 0 Å². The van der Waals surface area contributed by atoms with Crippen molar-refractivity contribution >= 4 is 15.9 Å². The molecule has 0 amide bonds. The van der Waals surface area contributed by atoms with Crippen LogP contribution in [0.15, 0.2) is 22.7 Å². The Morgan fingerprint density at radius 1 is 1.35 bits per heavy atom. The van der Waals surface area contributed by atoms with E-state index in [2.05, 4.69) is 48.9 Å². The maximum absolute atomic E-state index is 13.4. The molecular weight excluding hydrogens is 321 g/mol. The van der Waals surface area contributed by atoms with Gasteiger partial charge in [-0.05, 0) is 42.1 Å². The molecule has 2 unspecified atom stereocenters. The molecule has 2 atom stereocenters. The zero-order chi connectivity index (χ0) is 15.3. The van der Waals surface area contributed by atoms with Crippen molar-refractivity contribution in [3.63, 3.8) is 0 Å². The molecule has 4 heteroatoms. The Balaban J connectivity index is 2.99. The van der Waals surface area contributed by atoms with Gasteiger partial charge in [-0.15, -0.1) is 0 Å². The summed E-state index contributed by atoms with van der Waals surface area (Å²) in [7, 11) is 1.74. The zero-order valence-corrected chi connectivity index (χ0v) is 14.6. The van der Waals surface area contributed by atoms with Crippen LogP contribution in [0.5, 0.6) is 0 Å². The highest BCUT2D eigenvalue weighted by Crippen LogP contribution is 2.28. The SMILES string of the molecule is CCNC(Cc1cc(F)ccc1Br)C(OC)C(C)(C)C. The minimum atomic E-state index is -0.205. The number of hydrogen-bond donors (Lipinski definition) is 1. The predicted molar refractivity (Wildman–Crippen MR) is 85.5 cm³/mol. The molecule has 0 aromatic heterocycles. The Bertz CT molecular complexity index is 431. The summed E-state index contributed by atoms with van der Waals surface area (Å²) in [6.07, 6.45) is 0.778. The summed E-state index contributed by atoms with van der Waals surface area (Å²) in [5, 5.41) is 3.47. The molecule has 1 rings (SSSR count). The molecular formula is C16H25BrFNO. The van der Waals surface area contributed by atoms with E-state index in [9.17, 15) is 4.39 Å². The van der Waals surface area contributed by atoms with Crippen LogP contribution in [0.4, 0.5) is 4.39 Å². The minimum absolute atomic E-state index is 0.0153. The Morgan fingerprint density at radius 2 is 2.00 bits per heavy atom. The maximum Gasteiger partial charge on any atom is 0.123 e. The lowest BCUT2D eigenvalue weighted by Crippen LogP contribution is -2.49. The Labute approximate surface area is 130 Å². The van der Waals surface area contributed by atoms with Crippen molar-refractivity contribution in [2.45, 2.75) is 46.3 Å². The molecule has 0 saturated heterocycles. The molecule has 0 aliphatic heterocycles. The molecule has 1 aromatic carbocycles. The summed E-state index contributed by atoms with van der Waals surface area (Å²) >= 11 is 3.50. The summed E-state index contributed by atoms with van der Waals surface area (Å²) in [5.41, 5.74) is 0.976. The Morgan fingerprint density at radius 3 is 2.50 bits per heavy atom. The van der Waals surface area contributed by atoms with Crippen LogP contribution < -0.4 is 5.32 Å². The van der Waals surface area contributed by atoms with Crippen molar-refractivity contribution in [3.8, 4) is 0 Å². The quantitative estimate of drug-likeness (QED) is 0.835. The van der Waals surface area contributed by atoms with Crippen molar-refractivity contribution in [2.24, 2.45) is 5.41 Å². The van der Waals surface area contributed by atoms with Gasteiger partial charge in [0.25, 0.3) is 0 Å². The highest BCUT2D eigenvalue weighted by atomic mass is 79.9. The fourth-order valence-corrected chi connectivity index (χ4v) is 3.01. The van der Waals surface area contributed by atoms with Gasteiger partial charge in [-0.1, -0.05) is 43.6 Å². The van der Waals surface area contributed by atoms with Gasteiger partial charge in [0, 0.05) is 17.6 Å². The summed E-state index contributed by atoms with van der Waals surface area (Å²) < 4.78 is 20.1. The maximum atomic E-state index is 13.4. The molecule has 1 N–H and O–H groups in total. The van der Waals surface area contributed by atoms with Gasteiger partial charge in [-0.2, -0.15) is 0 Å². The monoisotopic (exact) mass is 345 g/mol. The van der Waals surface area contributed by atoms with E-state index in [4.69, 9.17) is 4.74 Å². The molecule has 114 valence electrons. The van der Waals surface area contributed by atoms with E-state index in [0.29, 0.717) is 0 Å². The van der Waals surface area contributed by atoms with Gasteiger partial charge in [0.05, 0.1) is 6.10 Å². The first-order valence-corrected chi connectivity index (χ1v) is 7.79. The number of methoxy groups -OCH3 is 1. The third-order valence-corrected chi connectivity index (χ3v) is 4.16. The first-order valence-electron chi connectivity index (χ1n) is 6.99. The number of hydrogen-bond acceptors (Lipinski definition) is 2. The molecule has 0 aliphatic carbocycles. The molecule has 0 heterocycles. The van der Waals surface area contributed by atoms with Gasteiger partial charge in [0.15, 0.2) is 0 Å². The second kappa shape index (κ2) is 7.53. The molecule has 0 aliphatic rings. The molecule has 0 saturated carbocycles. The van der Waals surface area contributed by atoms with Gasteiger partial charge in [-0.25, -0.2) is 4.39 Å². The van der Waals surface area contributed by atoms with E-state index < -0.39 is 0 Å². The van der Waals surface area contributed by atoms with E-state index in [0.717, 1.165) is 23.0 Å². The lowest BCUT2D eigenvalue weighted by molar-refractivity contribution is -0.0106. The van der Waals surface area contributed by atoms with E-state index in [1.165, 1.54) is 6.07 Å². The fraction of sp³-hybridized carbons (Fsp3) is 0.625. The number of halogens is 2. The summed E-state index contributed by atoms with van der Waals surface area (Å²) in [6, 6.07) is 4.95. The third kappa shape index (κ3) is 4.83. The first kappa shape index (κ1) is 17.6. The molecule has 0 radical (unpaired) electrons. The third-order valence-electron chi connectivity index (χ3n) is 3.39. The van der Waals surface area contributed by atoms with Crippen LogP contribution in [0, 0.1) is 11.2 Å². The topological polar surface area (TPSA) is 21.3 Å². The average molecular weight is 346 g/mol. The Kier molecular flexibility index (Phi) is 6.62. The second-order valence-electron chi connectivity index (χ2n) is 6.13. The second-order valence-corrected chi connectivity index (χ2v) is 6.98. The summed E-state index contributed by atoms with van der Waals surface area (Å²) in [4.78, 5) is 0. The number of likely N-dealkylation sites (N-methyl/N-ethyl adjacent to an activating group) is 1. The van der Waals surface area contributed by atoms with Crippen LogP contribution in [0.1, 0.15) is 33.3 Å². The average Bonchev–Trinajstić information content (AvgIpc) is 2.33. The highest BCUT2D eigenvalue weighted by molar-refractivity contribution is 9.10. The van der Waals surface area contributed by atoms with Crippen molar-refractivity contribution in [1.29, 1.82) is 0 Å². The van der Waals surface area contributed by atoms with Crippen molar-refractivity contribution < 1.29 is 9.13 Å². The predicted octanol–water partition coefficient (Wildman–Crippen LogP) is 4.17. The summed E-state index contributed by atoms with van der Waals surface area (Å²) in [5.74, 6) is -0.205. The van der Waals surface area contributed by atoms with Crippen molar-refractivity contribution in [3.05, 3.63) is 34.1 Å². The highest BCUT2D eigenvalue weighted by Gasteiger charge is 2.32. The fourth-order valence-electron chi connectivity index (χ4n) is 2.61. The van der Waals surface area contributed by atoms with Gasteiger partial charge >= 0.3 is 0 Å². The normalized spacial score (nSPS) is 15.2. The molecule has 0 bridgehead atoms. The van der Waals surface area contributed by atoms with Gasteiger partial charge in [0.1, 0.15) is 5.82 Å². The largest absolute Gasteiger partial charge is 0.379 e. The zero-order valence-electron chi connectivity index (χ0n) is 13.0. The van der Waals surface area contributed by atoms with E-state index in [1.807, 2.05) is 0 Å². The van der Waals surface area contributed by atoms with E-state index in [-0.39, 0.29) is 23.4 Å². The molecule has 1 aromatic rings. The lowest BCUT2D eigenvalue weighted by atomic mass is 9.82. The van der Waals surface area contributed by atoms with Crippen LogP contribution >= 0.6 is 15.9 Å². The van der Waals surface area contributed by atoms with Crippen LogP contribution in [0.25, 0.3) is 0 Å². The molecule has 2 nitrogen and oxygen atoms in total. The standard InChI is InChI=1S/C16H25BrFNO/c1-6-19-14(15(20-5)16(2,3)4)10-11-9-12(18)7-8-13(11)17/h7-9,14-15,19H,6,10H2,1-5H3. The number of rotatable bonds is 6. The number of benzene rings is 1. The van der Waals surface area contributed by atoms with E-state index >= 15 is 0 Å². The number of ether oxygens (including phenoxy) is 1. The summed E-state index contributed by atoms with van der Waals surface area (Å²) in [6.45, 7) is 9.40. The van der Waals surface area contributed by atoms with Gasteiger partial charge in [-0.3, -0.25) is 0 Å². The lowest BCUT2D eigenvalue weighted by Gasteiger charge is -2.36.